The Bertz CT molecular complexity index is 1770. The van der Waals surface area contributed by atoms with Crippen molar-refractivity contribution in [3.63, 3.8) is 0 Å². The maximum atomic E-state index is 14.3. The zero-order chi connectivity index (χ0) is 27.2. The topological polar surface area (TPSA) is 113 Å². The molecule has 1 spiro atoms. The summed E-state index contributed by atoms with van der Waals surface area (Å²) in [5, 5.41) is 7.79. The summed E-state index contributed by atoms with van der Waals surface area (Å²) < 4.78 is 11.4. The number of fused-ring (bicyclic) bond motifs is 6. The molecule has 9 nitrogen and oxygen atoms in total. The number of hydrogen-bond acceptors (Lipinski definition) is 6. The Hall–Kier alpha value is -4.34. The molecule has 3 N–H and O–H groups in total. The summed E-state index contributed by atoms with van der Waals surface area (Å²) >= 11 is 6.48. The van der Waals surface area contributed by atoms with Crippen LogP contribution in [0.4, 0.5) is 11.4 Å². The van der Waals surface area contributed by atoms with E-state index in [0.717, 1.165) is 16.5 Å². The number of benzene rings is 3. The van der Waals surface area contributed by atoms with Crippen LogP contribution in [-0.4, -0.2) is 42.0 Å². The van der Waals surface area contributed by atoms with Crippen LogP contribution in [0.15, 0.2) is 66.9 Å². The maximum Gasteiger partial charge on any atom is 0.250 e. The smallest absolute Gasteiger partial charge is 0.250 e. The quantitative estimate of drug-likeness (QED) is 0.332. The lowest BCUT2D eigenvalue weighted by molar-refractivity contribution is -0.130. The molecule has 2 fully saturated rings. The molecule has 0 saturated carbocycles. The standard InChI is InChI=1S/C30H23ClN4O5/c31-19-6-3-5-18-26(19)33-29(38)30(18)25-24(21(34-30)12-15-14-32-20-7-2-1-4-17(15)20)27(36)35(28(25)37)16-8-9-22-23(13-16)40-11-10-39-22/h1-9,13-14,21,24-25,32,34H,10-12H2,(H,33,38)/t21-,24+,25+,30-/m0/s1. The molecule has 0 radical (unpaired) electrons. The van der Waals surface area contributed by atoms with Crippen LogP contribution < -0.4 is 25.0 Å². The van der Waals surface area contributed by atoms with Gasteiger partial charge < -0.3 is 19.8 Å². The lowest BCUT2D eigenvalue weighted by Gasteiger charge is -2.30. The van der Waals surface area contributed by atoms with Gasteiger partial charge in [0, 0.05) is 34.8 Å². The van der Waals surface area contributed by atoms with E-state index in [1.807, 2.05) is 30.5 Å². The van der Waals surface area contributed by atoms with Gasteiger partial charge in [-0.3, -0.25) is 19.7 Å². The van der Waals surface area contributed by atoms with Crippen LogP contribution in [-0.2, 0) is 26.3 Å². The average Bonchev–Trinajstić information content (AvgIpc) is 3.68. The van der Waals surface area contributed by atoms with E-state index in [1.54, 1.807) is 36.4 Å². The summed E-state index contributed by atoms with van der Waals surface area (Å²) in [6.07, 6.45) is 2.36. The number of rotatable bonds is 3. The van der Waals surface area contributed by atoms with E-state index in [0.29, 0.717) is 53.1 Å². The monoisotopic (exact) mass is 554 g/mol. The number of imide groups is 1. The molecular formula is C30H23ClN4O5. The molecule has 8 rings (SSSR count). The number of carbonyl (C=O) groups excluding carboxylic acids is 3. The molecule has 4 aromatic rings. The molecule has 0 unspecified atom stereocenters. The van der Waals surface area contributed by atoms with Crippen LogP contribution >= 0.6 is 11.6 Å². The summed E-state index contributed by atoms with van der Waals surface area (Å²) in [4.78, 5) is 46.9. The van der Waals surface area contributed by atoms with Gasteiger partial charge >= 0.3 is 0 Å². The van der Waals surface area contributed by atoms with Crippen molar-refractivity contribution in [3.8, 4) is 11.5 Å². The Kier molecular flexibility index (Phi) is 4.90. The molecular weight excluding hydrogens is 532 g/mol. The van der Waals surface area contributed by atoms with Crippen molar-refractivity contribution < 1.29 is 23.9 Å². The summed E-state index contributed by atoms with van der Waals surface area (Å²) in [7, 11) is 0. The molecule has 40 heavy (non-hydrogen) atoms. The number of halogens is 1. The Balaban J connectivity index is 1.27. The number of aromatic amines is 1. The molecule has 1 aromatic heterocycles. The Morgan fingerprint density at radius 1 is 0.950 bits per heavy atom. The second-order valence-electron chi connectivity index (χ2n) is 10.6. The first-order chi connectivity index (χ1) is 19.5. The van der Waals surface area contributed by atoms with Crippen LogP contribution in [0.1, 0.15) is 11.1 Å². The molecule has 4 aliphatic heterocycles. The Morgan fingerprint density at radius 2 is 1.77 bits per heavy atom. The number of para-hydroxylation sites is 2. The highest BCUT2D eigenvalue weighted by Gasteiger charge is 2.70. The lowest BCUT2D eigenvalue weighted by Crippen LogP contribution is -2.53. The summed E-state index contributed by atoms with van der Waals surface area (Å²) in [5.74, 6) is -1.91. The second-order valence-corrected chi connectivity index (χ2v) is 11.0. The number of nitrogens with one attached hydrogen (secondary N) is 3. The van der Waals surface area contributed by atoms with Gasteiger partial charge in [0.2, 0.25) is 17.7 Å². The molecule has 10 heteroatoms. The van der Waals surface area contributed by atoms with Crippen molar-refractivity contribution in [2.45, 2.75) is 18.0 Å². The van der Waals surface area contributed by atoms with E-state index >= 15 is 0 Å². The minimum Gasteiger partial charge on any atom is -0.486 e. The van der Waals surface area contributed by atoms with Gasteiger partial charge in [0.1, 0.15) is 18.8 Å². The van der Waals surface area contributed by atoms with Gasteiger partial charge in [0.05, 0.1) is 28.2 Å². The van der Waals surface area contributed by atoms with E-state index in [2.05, 4.69) is 15.6 Å². The molecule has 2 saturated heterocycles. The number of amides is 3. The Morgan fingerprint density at radius 3 is 2.65 bits per heavy atom. The fourth-order valence-corrected chi connectivity index (χ4v) is 7.15. The summed E-state index contributed by atoms with van der Waals surface area (Å²) in [6, 6.07) is 17.7. The Labute approximate surface area is 233 Å². The minimum absolute atomic E-state index is 0.357. The van der Waals surface area contributed by atoms with Crippen molar-refractivity contribution in [1.82, 2.24) is 10.3 Å². The maximum absolute atomic E-state index is 14.3. The van der Waals surface area contributed by atoms with Gasteiger partial charge in [0.15, 0.2) is 11.5 Å². The van der Waals surface area contributed by atoms with E-state index in [-0.39, 0.29) is 5.91 Å². The highest BCUT2D eigenvalue weighted by molar-refractivity contribution is 6.35. The van der Waals surface area contributed by atoms with Gasteiger partial charge in [-0.25, -0.2) is 4.90 Å². The van der Waals surface area contributed by atoms with Crippen molar-refractivity contribution in [1.29, 1.82) is 0 Å². The summed E-state index contributed by atoms with van der Waals surface area (Å²) in [5.41, 5.74) is 1.95. The number of anilines is 2. The SMILES string of the molecule is O=C1[C@@H]2[C@H](Cc3c[nH]c4ccccc34)N[C@]3(C(=O)Nc4c(Cl)cccc43)[C@H]2C(=O)N1c1ccc2c(c1)OCCO2. The zero-order valence-corrected chi connectivity index (χ0v) is 21.8. The minimum atomic E-state index is -1.45. The number of carbonyl (C=O) groups is 3. The van der Waals surface area contributed by atoms with Crippen molar-refractivity contribution in [3.05, 3.63) is 83.0 Å². The lowest BCUT2D eigenvalue weighted by atomic mass is 9.76. The van der Waals surface area contributed by atoms with E-state index in [9.17, 15) is 14.4 Å². The molecule has 5 heterocycles. The molecule has 0 aliphatic carbocycles. The van der Waals surface area contributed by atoms with Gasteiger partial charge in [0.25, 0.3) is 0 Å². The first-order valence-electron chi connectivity index (χ1n) is 13.2. The van der Waals surface area contributed by atoms with Crippen LogP contribution in [0, 0.1) is 11.8 Å². The second kappa shape index (κ2) is 8.33. The largest absolute Gasteiger partial charge is 0.486 e. The van der Waals surface area contributed by atoms with Crippen LogP contribution in [0.3, 0.4) is 0 Å². The fraction of sp³-hybridized carbons (Fsp3) is 0.233. The molecule has 200 valence electrons. The van der Waals surface area contributed by atoms with Crippen LogP contribution in [0.5, 0.6) is 11.5 Å². The zero-order valence-electron chi connectivity index (χ0n) is 21.1. The predicted molar refractivity (Wildman–Crippen MR) is 148 cm³/mol. The normalized spacial score (nSPS) is 26.5. The van der Waals surface area contributed by atoms with Crippen molar-refractivity contribution in [2.75, 3.05) is 23.4 Å². The molecule has 4 aliphatic rings. The number of nitrogens with zero attached hydrogens (tertiary/aromatic N) is 1. The molecule has 3 aromatic carbocycles. The van der Waals surface area contributed by atoms with Crippen LogP contribution in [0.25, 0.3) is 10.9 Å². The highest BCUT2D eigenvalue weighted by Crippen LogP contribution is 2.55. The van der Waals surface area contributed by atoms with Gasteiger partial charge in [-0.1, -0.05) is 41.9 Å². The van der Waals surface area contributed by atoms with Gasteiger partial charge in [-0.15, -0.1) is 0 Å². The van der Waals surface area contributed by atoms with Gasteiger partial charge in [-0.05, 0) is 36.2 Å². The third-order valence-corrected chi connectivity index (χ3v) is 8.91. The number of aromatic nitrogens is 1. The van der Waals surface area contributed by atoms with Crippen molar-refractivity contribution >= 4 is 51.6 Å². The third kappa shape index (κ3) is 3.04. The predicted octanol–water partition coefficient (Wildman–Crippen LogP) is 3.76. The van der Waals surface area contributed by atoms with Crippen LogP contribution in [0.2, 0.25) is 5.02 Å². The van der Waals surface area contributed by atoms with E-state index < -0.39 is 35.2 Å². The van der Waals surface area contributed by atoms with Gasteiger partial charge in [-0.2, -0.15) is 0 Å². The molecule has 0 bridgehead atoms. The molecule has 3 amide bonds. The third-order valence-electron chi connectivity index (χ3n) is 8.60. The van der Waals surface area contributed by atoms with E-state index in [1.165, 1.54) is 4.90 Å². The number of hydrogen-bond donors (Lipinski definition) is 3. The van der Waals surface area contributed by atoms with E-state index in [4.69, 9.17) is 21.1 Å². The molecule has 4 atom stereocenters. The highest BCUT2D eigenvalue weighted by atomic mass is 35.5. The summed E-state index contributed by atoms with van der Waals surface area (Å²) in [6.45, 7) is 0.805. The first kappa shape index (κ1) is 23.5. The fourth-order valence-electron chi connectivity index (χ4n) is 6.93. The number of H-pyrrole nitrogens is 1. The first-order valence-corrected chi connectivity index (χ1v) is 13.6. The number of ether oxygens (including phenoxy) is 2. The van der Waals surface area contributed by atoms with Crippen molar-refractivity contribution in [2.24, 2.45) is 11.8 Å². The average molecular weight is 555 g/mol.